The number of carbonyl (C=O) groups is 2. The van der Waals surface area contributed by atoms with Crippen LogP contribution in [0.5, 0.6) is 0 Å². The quantitative estimate of drug-likeness (QED) is 0.393. The summed E-state index contributed by atoms with van der Waals surface area (Å²) in [5.74, 6) is -1.15. The van der Waals surface area contributed by atoms with Gasteiger partial charge >= 0.3 is 11.9 Å². The minimum absolute atomic E-state index is 0.102. The molecule has 0 aromatic carbocycles. The molecule has 0 aliphatic carbocycles. The molecule has 0 atom stereocenters. The number of esters is 2. The Hall–Kier alpha value is -1.58. The number of carbonyl (C=O) groups excluding carboxylic acids is 2. The Morgan fingerprint density at radius 2 is 1.64 bits per heavy atom. The van der Waals surface area contributed by atoms with Crippen LogP contribution in [-0.4, -0.2) is 11.9 Å². The first kappa shape index (κ1) is 12.4. The molecule has 0 amide bonds. The monoisotopic (exact) mass is 198 g/mol. The molecule has 0 saturated heterocycles. The lowest BCUT2D eigenvalue weighted by Crippen LogP contribution is -2.05. The van der Waals surface area contributed by atoms with E-state index in [0.717, 1.165) is 6.42 Å². The Kier molecular flexibility index (Phi) is 6.11. The summed E-state index contributed by atoms with van der Waals surface area (Å²) >= 11 is 0. The highest BCUT2D eigenvalue weighted by atomic mass is 16.7. The third-order valence-corrected chi connectivity index (χ3v) is 1.09. The van der Waals surface area contributed by atoms with E-state index >= 15 is 0 Å². The van der Waals surface area contributed by atoms with Gasteiger partial charge in [0.2, 0.25) is 0 Å². The van der Waals surface area contributed by atoms with E-state index in [2.05, 4.69) is 9.47 Å². The average Bonchev–Trinajstić information content (AvgIpc) is 2.02. The number of hydrogen-bond donors (Lipinski definition) is 0. The highest BCUT2D eigenvalue weighted by molar-refractivity contribution is 5.70. The topological polar surface area (TPSA) is 52.6 Å². The van der Waals surface area contributed by atoms with Crippen LogP contribution in [0, 0.1) is 0 Å². The van der Waals surface area contributed by atoms with E-state index in [9.17, 15) is 9.59 Å². The zero-order chi connectivity index (χ0) is 11.0. The van der Waals surface area contributed by atoms with E-state index in [0.29, 0.717) is 0 Å². The van der Waals surface area contributed by atoms with Crippen molar-refractivity contribution < 1.29 is 19.1 Å². The first-order chi connectivity index (χ1) is 6.56. The van der Waals surface area contributed by atoms with E-state index < -0.39 is 11.9 Å². The number of ether oxygens (including phenoxy) is 2. The Labute approximate surface area is 83.2 Å². The van der Waals surface area contributed by atoms with E-state index in [-0.39, 0.29) is 5.95 Å². The Morgan fingerprint density at radius 3 is 2.00 bits per heavy atom. The number of allylic oxidation sites excluding steroid dienone is 3. The highest BCUT2D eigenvalue weighted by Gasteiger charge is 2.04. The lowest BCUT2D eigenvalue weighted by Gasteiger charge is -2.03. The Bertz CT molecular complexity index is 245. The van der Waals surface area contributed by atoms with Crippen molar-refractivity contribution in [1.29, 1.82) is 0 Å². The fourth-order valence-electron chi connectivity index (χ4n) is 0.655. The van der Waals surface area contributed by atoms with Crippen LogP contribution in [0.25, 0.3) is 0 Å². The van der Waals surface area contributed by atoms with Gasteiger partial charge < -0.3 is 9.47 Å². The van der Waals surface area contributed by atoms with Crippen LogP contribution in [0.2, 0.25) is 0 Å². The van der Waals surface area contributed by atoms with Gasteiger partial charge in [0, 0.05) is 19.9 Å². The first-order valence-electron chi connectivity index (χ1n) is 4.30. The van der Waals surface area contributed by atoms with Gasteiger partial charge in [-0.15, -0.1) is 0 Å². The van der Waals surface area contributed by atoms with Gasteiger partial charge in [0.15, 0.2) is 0 Å². The fraction of sp³-hybridized carbons (Fsp3) is 0.400. The number of hydrogen-bond acceptors (Lipinski definition) is 4. The molecule has 0 bridgehead atoms. The predicted molar refractivity (Wildman–Crippen MR) is 51.0 cm³/mol. The molecule has 4 nitrogen and oxygen atoms in total. The van der Waals surface area contributed by atoms with Crippen molar-refractivity contribution in [1.82, 2.24) is 0 Å². The zero-order valence-corrected chi connectivity index (χ0v) is 8.57. The standard InChI is InChI=1S/C10H14O4/c1-4-5-6-7-10(13-8(2)11)14-9(3)12/h5-7H,4H2,1-3H3. The molecule has 0 aliphatic heterocycles. The normalized spacial score (nSPS) is 9.64. The second kappa shape index (κ2) is 6.88. The van der Waals surface area contributed by atoms with Gasteiger partial charge in [0.25, 0.3) is 5.95 Å². The van der Waals surface area contributed by atoms with Crippen LogP contribution in [0.4, 0.5) is 0 Å². The molecule has 78 valence electrons. The molecule has 0 unspecified atom stereocenters. The number of rotatable bonds is 4. The van der Waals surface area contributed by atoms with Crippen LogP contribution in [-0.2, 0) is 19.1 Å². The zero-order valence-electron chi connectivity index (χ0n) is 8.57. The molecule has 0 radical (unpaired) electrons. The smallest absolute Gasteiger partial charge is 0.310 e. The predicted octanol–water partition coefficient (Wildman–Crippen LogP) is 1.92. The van der Waals surface area contributed by atoms with E-state index in [1.54, 1.807) is 6.08 Å². The van der Waals surface area contributed by atoms with Crippen molar-refractivity contribution in [2.45, 2.75) is 27.2 Å². The molecule has 0 rings (SSSR count). The van der Waals surface area contributed by atoms with Crippen LogP contribution >= 0.6 is 0 Å². The molecule has 0 N–H and O–H groups in total. The third kappa shape index (κ3) is 7.09. The average molecular weight is 198 g/mol. The molecule has 0 aliphatic rings. The van der Waals surface area contributed by atoms with Crippen molar-refractivity contribution >= 4 is 11.9 Å². The van der Waals surface area contributed by atoms with Gasteiger partial charge in [0.1, 0.15) is 0 Å². The maximum atomic E-state index is 10.6. The lowest BCUT2D eigenvalue weighted by atomic mass is 10.4. The fourth-order valence-corrected chi connectivity index (χ4v) is 0.655. The van der Waals surface area contributed by atoms with E-state index in [4.69, 9.17) is 0 Å². The molecular formula is C10H14O4. The largest absolute Gasteiger partial charge is 0.393 e. The van der Waals surface area contributed by atoms with Crippen molar-refractivity contribution in [3.63, 3.8) is 0 Å². The van der Waals surface area contributed by atoms with Gasteiger partial charge in [-0.2, -0.15) is 0 Å². The van der Waals surface area contributed by atoms with Crippen LogP contribution < -0.4 is 0 Å². The summed E-state index contributed by atoms with van der Waals surface area (Å²) in [6.45, 7) is 4.43. The van der Waals surface area contributed by atoms with Crippen molar-refractivity contribution in [2.75, 3.05) is 0 Å². The van der Waals surface area contributed by atoms with Gasteiger partial charge in [-0.05, 0) is 6.42 Å². The summed E-state index contributed by atoms with van der Waals surface area (Å²) in [5.41, 5.74) is 0. The molecule has 0 heterocycles. The van der Waals surface area contributed by atoms with Crippen molar-refractivity contribution in [3.8, 4) is 0 Å². The summed E-state index contributed by atoms with van der Waals surface area (Å²) in [4.78, 5) is 21.2. The SMILES string of the molecule is CCC=CC=C(OC(C)=O)OC(C)=O. The minimum Gasteiger partial charge on any atom is -0.393 e. The Balaban J connectivity index is 4.37. The maximum Gasteiger partial charge on any atom is 0.310 e. The van der Waals surface area contributed by atoms with Gasteiger partial charge in [-0.3, -0.25) is 9.59 Å². The second-order valence-electron chi connectivity index (χ2n) is 2.51. The molecule has 14 heavy (non-hydrogen) atoms. The summed E-state index contributed by atoms with van der Waals surface area (Å²) in [5, 5.41) is 0. The highest BCUT2D eigenvalue weighted by Crippen LogP contribution is 2.01. The Morgan fingerprint density at radius 1 is 1.14 bits per heavy atom. The summed E-state index contributed by atoms with van der Waals surface area (Å²) in [7, 11) is 0. The van der Waals surface area contributed by atoms with Gasteiger partial charge in [-0.25, -0.2) is 0 Å². The molecular weight excluding hydrogens is 184 g/mol. The van der Waals surface area contributed by atoms with Crippen molar-refractivity contribution in [2.24, 2.45) is 0 Å². The first-order valence-corrected chi connectivity index (χ1v) is 4.30. The van der Waals surface area contributed by atoms with Gasteiger partial charge in [-0.1, -0.05) is 19.1 Å². The lowest BCUT2D eigenvalue weighted by molar-refractivity contribution is -0.150. The van der Waals surface area contributed by atoms with E-state index in [1.807, 2.05) is 13.0 Å². The minimum atomic E-state index is -0.526. The van der Waals surface area contributed by atoms with Gasteiger partial charge in [0.05, 0.1) is 0 Å². The van der Waals surface area contributed by atoms with Crippen LogP contribution in [0.15, 0.2) is 24.2 Å². The van der Waals surface area contributed by atoms with Crippen LogP contribution in [0.3, 0.4) is 0 Å². The summed E-state index contributed by atoms with van der Waals surface area (Å²) < 4.78 is 9.27. The van der Waals surface area contributed by atoms with E-state index in [1.165, 1.54) is 19.9 Å². The molecule has 0 fully saturated rings. The van der Waals surface area contributed by atoms with Crippen LogP contribution in [0.1, 0.15) is 27.2 Å². The van der Waals surface area contributed by atoms with Crippen molar-refractivity contribution in [3.05, 3.63) is 24.2 Å². The summed E-state index contributed by atoms with van der Waals surface area (Å²) in [6.07, 6.45) is 5.77. The third-order valence-electron chi connectivity index (χ3n) is 1.09. The maximum absolute atomic E-state index is 10.6. The molecule has 0 spiro atoms. The summed E-state index contributed by atoms with van der Waals surface area (Å²) in [6, 6.07) is 0. The molecule has 0 aromatic rings. The second-order valence-corrected chi connectivity index (χ2v) is 2.51. The molecule has 0 aromatic heterocycles. The molecule has 0 saturated carbocycles. The molecule has 4 heteroatoms.